The van der Waals surface area contributed by atoms with Crippen LogP contribution in [0.1, 0.15) is 34.1 Å². The van der Waals surface area contributed by atoms with Gasteiger partial charge in [0.05, 0.1) is 12.2 Å². The monoisotopic (exact) mass is 264 g/mol. The first-order valence-corrected chi connectivity index (χ1v) is 7.65. The van der Waals surface area contributed by atoms with Crippen molar-refractivity contribution in [2.75, 3.05) is 19.6 Å². The van der Waals surface area contributed by atoms with Crippen LogP contribution < -0.4 is 4.72 Å². The van der Waals surface area contributed by atoms with Crippen LogP contribution in [0.3, 0.4) is 0 Å². The first kappa shape index (κ1) is 14.9. The number of morpholine rings is 1. The minimum Gasteiger partial charge on any atom is -0.373 e. The van der Waals surface area contributed by atoms with Crippen LogP contribution in [0, 0.1) is 5.92 Å². The van der Waals surface area contributed by atoms with E-state index in [0.717, 1.165) is 6.42 Å². The van der Waals surface area contributed by atoms with Crippen LogP contribution in [0.4, 0.5) is 0 Å². The number of hydrogen-bond donors (Lipinski definition) is 1. The van der Waals surface area contributed by atoms with Crippen molar-refractivity contribution >= 4 is 10.2 Å². The van der Waals surface area contributed by atoms with Crippen LogP contribution in [0.2, 0.25) is 0 Å². The van der Waals surface area contributed by atoms with Gasteiger partial charge in [0.15, 0.2) is 0 Å². The van der Waals surface area contributed by atoms with Crippen molar-refractivity contribution in [1.82, 2.24) is 9.03 Å². The van der Waals surface area contributed by atoms with E-state index < -0.39 is 10.2 Å². The van der Waals surface area contributed by atoms with Crippen molar-refractivity contribution in [2.45, 2.75) is 46.3 Å². The molecule has 1 fully saturated rings. The molecule has 1 aliphatic rings. The molecular formula is C11H24N2O3S. The van der Waals surface area contributed by atoms with Gasteiger partial charge >= 0.3 is 0 Å². The summed E-state index contributed by atoms with van der Waals surface area (Å²) in [5, 5.41) is 0. The van der Waals surface area contributed by atoms with Gasteiger partial charge in [0.2, 0.25) is 0 Å². The molecule has 6 heteroatoms. The van der Waals surface area contributed by atoms with Gasteiger partial charge in [0.25, 0.3) is 10.2 Å². The predicted molar refractivity (Wildman–Crippen MR) is 68.0 cm³/mol. The molecule has 2 atom stereocenters. The van der Waals surface area contributed by atoms with E-state index in [1.165, 1.54) is 4.31 Å². The van der Waals surface area contributed by atoms with E-state index in [2.05, 4.69) is 18.6 Å². The highest BCUT2D eigenvalue weighted by molar-refractivity contribution is 7.87. The number of nitrogens with one attached hydrogen (secondary N) is 1. The molecule has 0 aromatic heterocycles. The molecule has 0 bridgehead atoms. The largest absolute Gasteiger partial charge is 0.373 e. The Morgan fingerprint density at radius 3 is 2.29 bits per heavy atom. The van der Waals surface area contributed by atoms with Crippen LogP contribution in [-0.4, -0.2) is 44.6 Å². The molecular weight excluding hydrogens is 240 g/mol. The molecule has 0 saturated carbocycles. The van der Waals surface area contributed by atoms with E-state index in [4.69, 9.17) is 4.74 Å². The summed E-state index contributed by atoms with van der Waals surface area (Å²) in [4.78, 5) is 0. The van der Waals surface area contributed by atoms with Crippen LogP contribution in [0.15, 0.2) is 0 Å². The highest BCUT2D eigenvalue weighted by atomic mass is 32.2. The Bertz CT molecular complexity index is 320. The third kappa shape index (κ3) is 4.91. The molecule has 5 nitrogen and oxygen atoms in total. The average Bonchev–Trinajstić information content (AvgIpc) is 2.14. The molecule has 1 aliphatic heterocycles. The minimum absolute atomic E-state index is 0.0413. The Balaban J connectivity index is 2.51. The van der Waals surface area contributed by atoms with Crippen molar-refractivity contribution < 1.29 is 13.2 Å². The molecule has 0 aliphatic carbocycles. The summed E-state index contributed by atoms with van der Waals surface area (Å²) in [6, 6.07) is 0. The molecule has 0 aromatic carbocycles. The molecule has 17 heavy (non-hydrogen) atoms. The van der Waals surface area contributed by atoms with Gasteiger partial charge < -0.3 is 4.74 Å². The molecule has 102 valence electrons. The second kappa shape index (κ2) is 6.13. The third-order valence-corrected chi connectivity index (χ3v) is 4.28. The number of ether oxygens (including phenoxy) is 1. The first-order chi connectivity index (χ1) is 7.81. The number of rotatable bonds is 5. The summed E-state index contributed by atoms with van der Waals surface area (Å²) in [5.41, 5.74) is 0. The first-order valence-electron chi connectivity index (χ1n) is 6.21. The fourth-order valence-electron chi connectivity index (χ4n) is 1.89. The summed E-state index contributed by atoms with van der Waals surface area (Å²) in [6.07, 6.45) is 0.773. The Morgan fingerprint density at radius 1 is 1.29 bits per heavy atom. The number of hydrogen-bond acceptors (Lipinski definition) is 3. The number of nitrogens with zero attached hydrogens (tertiary/aromatic N) is 1. The summed E-state index contributed by atoms with van der Waals surface area (Å²) in [6.45, 7) is 9.31. The summed E-state index contributed by atoms with van der Waals surface area (Å²) in [5.74, 6) is 0.500. The van der Waals surface area contributed by atoms with Crippen molar-refractivity contribution in [3.05, 3.63) is 0 Å². The van der Waals surface area contributed by atoms with Gasteiger partial charge in [-0.3, -0.25) is 0 Å². The van der Waals surface area contributed by atoms with Gasteiger partial charge in [0.1, 0.15) is 0 Å². The molecule has 0 amide bonds. The Labute approximate surface area is 105 Å². The molecule has 1 rings (SSSR count). The van der Waals surface area contributed by atoms with Gasteiger partial charge in [0, 0.05) is 19.6 Å². The predicted octanol–water partition coefficient (Wildman–Crippen LogP) is 0.976. The lowest BCUT2D eigenvalue weighted by Crippen LogP contribution is -2.52. The summed E-state index contributed by atoms with van der Waals surface area (Å²) < 4.78 is 33.7. The maximum atomic E-state index is 12.0. The lowest BCUT2D eigenvalue weighted by molar-refractivity contribution is -0.0443. The van der Waals surface area contributed by atoms with Gasteiger partial charge in [-0.1, -0.05) is 13.8 Å². The molecule has 0 spiro atoms. The van der Waals surface area contributed by atoms with Gasteiger partial charge in [-0.2, -0.15) is 12.7 Å². The molecule has 0 radical (unpaired) electrons. The van der Waals surface area contributed by atoms with E-state index in [-0.39, 0.29) is 12.2 Å². The van der Waals surface area contributed by atoms with Crippen LogP contribution in [-0.2, 0) is 14.9 Å². The topological polar surface area (TPSA) is 58.6 Å². The highest BCUT2D eigenvalue weighted by Crippen LogP contribution is 2.13. The Hall–Kier alpha value is -0.170. The minimum atomic E-state index is -3.34. The van der Waals surface area contributed by atoms with E-state index in [1.54, 1.807) is 0 Å². The quantitative estimate of drug-likeness (QED) is 0.805. The fourth-order valence-corrected chi connectivity index (χ4v) is 3.27. The van der Waals surface area contributed by atoms with Gasteiger partial charge in [-0.05, 0) is 26.2 Å². The molecule has 0 aromatic rings. The summed E-state index contributed by atoms with van der Waals surface area (Å²) >= 11 is 0. The van der Waals surface area contributed by atoms with Crippen LogP contribution in [0.25, 0.3) is 0 Å². The van der Waals surface area contributed by atoms with Crippen molar-refractivity contribution in [3.63, 3.8) is 0 Å². The smallest absolute Gasteiger partial charge is 0.279 e. The normalized spacial score (nSPS) is 27.6. The molecule has 1 N–H and O–H groups in total. The maximum absolute atomic E-state index is 12.0. The van der Waals surface area contributed by atoms with E-state index in [1.807, 2.05) is 13.8 Å². The van der Waals surface area contributed by atoms with Crippen LogP contribution in [0.5, 0.6) is 0 Å². The molecule has 1 heterocycles. The lowest BCUT2D eigenvalue weighted by Gasteiger charge is -2.34. The van der Waals surface area contributed by atoms with Crippen molar-refractivity contribution in [2.24, 2.45) is 5.92 Å². The fraction of sp³-hybridized carbons (Fsp3) is 1.00. The Morgan fingerprint density at radius 2 is 1.82 bits per heavy atom. The van der Waals surface area contributed by atoms with Gasteiger partial charge in [-0.15, -0.1) is 0 Å². The molecule has 1 saturated heterocycles. The van der Waals surface area contributed by atoms with E-state index >= 15 is 0 Å². The maximum Gasteiger partial charge on any atom is 0.279 e. The highest BCUT2D eigenvalue weighted by Gasteiger charge is 2.30. The zero-order valence-electron chi connectivity index (χ0n) is 11.1. The van der Waals surface area contributed by atoms with Crippen LogP contribution >= 0.6 is 0 Å². The van der Waals surface area contributed by atoms with E-state index in [9.17, 15) is 8.42 Å². The standard InChI is InChI=1S/C11H24N2O3S/c1-9(2)5-6-12-17(14,15)13-7-10(3)16-11(4)8-13/h9-12H,5-8H2,1-4H3. The second-order valence-corrected chi connectivity index (χ2v) is 6.91. The molecule has 2 unspecified atom stereocenters. The second-order valence-electron chi connectivity index (χ2n) is 5.16. The zero-order valence-corrected chi connectivity index (χ0v) is 12.0. The average molecular weight is 264 g/mol. The van der Waals surface area contributed by atoms with Gasteiger partial charge in [-0.25, -0.2) is 4.72 Å². The van der Waals surface area contributed by atoms with Crippen molar-refractivity contribution in [1.29, 1.82) is 0 Å². The SMILES string of the molecule is CC(C)CCNS(=O)(=O)N1CC(C)OC(C)C1. The summed E-state index contributed by atoms with van der Waals surface area (Å²) in [7, 11) is -3.34. The Kier molecular flexibility index (Phi) is 5.37. The zero-order chi connectivity index (χ0) is 13.1. The van der Waals surface area contributed by atoms with Crippen molar-refractivity contribution in [3.8, 4) is 0 Å². The third-order valence-electron chi connectivity index (χ3n) is 2.73. The lowest BCUT2D eigenvalue weighted by atomic mass is 10.1. The van der Waals surface area contributed by atoms with E-state index in [0.29, 0.717) is 25.6 Å².